The van der Waals surface area contributed by atoms with E-state index in [0.29, 0.717) is 23.3 Å². The molecule has 112 valence electrons. The molecule has 1 aromatic carbocycles. The summed E-state index contributed by atoms with van der Waals surface area (Å²) in [6, 6.07) is 4.95. The Labute approximate surface area is 122 Å². The number of aliphatic carboxylic acids is 1. The van der Waals surface area contributed by atoms with Crippen LogP contribution in [0.25, 0.3) is 11.0 Å². The van der Waals surface area contributed by atoms with E-state index >= 15 is 0 Å². The highest BCUT2D eigenvalue weighted by Crippen LogP contribution is 2.25. The summed E-state index contributed by atoms with van der Waals surface area (Å²) in [5.74, 6) is -0.976. The van der Waals surface area contributed by atoms with Crippen LogP contribution in [-0.4, -0.2) is 12.1 Å². The average molecular weight is 289 g/mol. The first-order valence-electron chi connectivity index (χ1n) is 6.88. The van der Waals surface area contributed by atoms with E-state index in [9.17, 15) is 14.7 Å². The van der Waals surface area contributed by atoms with Crippen molar-refractivity contribution in [3.05, 3.63) is 39.7 Å². The molecule has 0 unspecified atom stereocenters. The van der Waals surface area contributed by atoms with E-state index in [4.69, 9.17) is 9.15 Å². The molecule has 0 bridgehead atoms. The normalized spacial score (nSPS) is 12.3. The molecule has 0 amide bonds. The molecule has 0 radical (unpaired) electrons. The Morgan fingerprint density at radius 2 is 2.14 bits per heavy atom. The Kier molecular flexibility index (Phi) is 4.31. The maximum atomic E-state index is 12.0. The molecule has 2 aromatic rings. The zero-order chi connectivity index (χ0) is 15.6. The Hall–Kier alpha value is -2.30. The molecule has 0 spiro atoms. The van der Waals surface area contributed by atoms with Crippen LogP contribution in [0.15, 0.2) is 27.4 Å². The lowest BCUT2D eigenvalue weighted by atomic mass is 10.0. The van der Waals surface area contributed by atoms with Crippen molar-refractivity contribution in [2.24, 2.45) is 0 Å². The van der Waals surface area contributed by atoms with Crippen LogP contribution in [0.1, 0.15) is 31.4 Å². The Balaban J connectivity index is 2.47. The summed E-state index contributed by atoms with van der Waals surface area (Å²) >= 11 is 0. The van der Waals surface area contributed by atoms with E-state index in [0.717, 1.165) is 17.4 Å². The van der Waals surface area contributed by atoms with Crippen LogP contribution < -0.4 is 15.5 Å². The van der Waals surface area contributed by atoms with Gasteiger partial charge in [0, 0.05) is 17.0 Å². The third kappa shape index (κ3) is 3.07. The molecule has 5 heteroatoms. The molecule has 5 nitrogen and oxygen atoms in total. The highest BCUT2D eigenvalue weighted by molar-refractivity contribution is 5.82. The minimum absolute atomic E-state index is 0.324. The molecule has 1 aromatic heterocycles. The van der Waals surface area contributed by atoms with Crippen LogP contribution in [0.3, 0.4) is 0 Å². The first-order valence-corrected chi connectivity index (χ1v) is 6.88. The second kappa shape index (κ2) is 5.99. The largest absolute Gasteiger partial charge is 0.546 e. The number of benzene rings is 1. The van der Waals surface area contributed by atoms with Crippen LogP contribution in [0, 0.1) is 6.92 Å². The number of aryl methyl sites for hydroxylation is 1. The van der Waals surface area contributed by atoms with Crippen molar-refractivity contribution < 1.29 is 19.1 Å². The summed E-state index contributed by atoms with van der Waals surface area (Å²) in [7, 11) is 0. The van der Waals surface area contributed by atoms with Gasteiger partial charge in [0.2, 0.25) is 0 Å². The van der Waals surface area contributed by atoms with Gasteiger partial charge in [-0.25, -0.2) is 4.79 Å². The van der Waals surface area contributed by atoms with Gasteiger partial charge in [0.15, 0.2) is 0 Å². The van der Waals surface area contributed by atoms with Crippen LogP contribution in [-0.2, 0) is 11.2 Å². The van der Waals surface area contributed by atoms with Crippen molar-refractivity contribution in [3.8, 4) is 5.75 Å². The standard InChI is InChI=1S/C16H18O5/c1-4-5-13-9(2)12-7-6-11(20-10(3)15(17)18)8-14(12)21-16(13)19/h6-8,10H,4-5H2,1-3H3,(H,17,18)/p-1/t10-/m1/s1. The van der Waals surface area contributed by atoms with E-state index in [1.165, 1.54) is 13.0 Å². The molecule has 0 N–H and O–H groups in total. The molecule has 0 aliphatic carbocycles. The molecular weight excluding hydrogens is 272 g/mol. The number of fused-ring (bicyclic) bond motifs is 1. The second-order valence-corrected chi connectivity index (χ2v) is 4.98. The van der Waals surface area contributed by atoms with Gasteiger partial charge in [-0.3, -0.25) is 0 Å². The number of carbonyl (C=O) groups excluding carboxylic acids is 1. The van der Waals surface area contributed by atoms with Crippen LogP contribution in [0.5, 0.6) is 5.75 Å². The summed E-state index contributed by atoms with van der Waals surface area (Å²) in [6.45, 7) is 5.27. The maximum absolute atomic E-state index is 12.0. The van der Waals surface area contributed by atoms with E-state index < -0.39 is 12.1 Å². The third-order valence-electron chi connectivity index (χ3n) is 3.40. The molecule has 0 saturated heterocycles. The molecule has 0 aliphatic rings. The predicted octanol–water partition coefficient (Wildman–Crippen LogP) is 1.57. The fraction of sp³-hybridized carbons (Fsp3) is 0.375. The molecule has 1 atom stereocenters. The zero-order valence-corrected chi connectivity index (χ0v) is 12.3. The molecule has 0 fully saturated rings. The van der Waals surface area contributed by atoms with Crippen molar-refractivity contribution in [2.75, 3.05) is 0 Å². The lowest BCUT2D eigenvalue weighted by Gasteiger charge is -2.15. The Bertz CT molecular complexity index is 729. The van der Waals surface area contributed by atoms with E-state index in [1.807, 2.05) is 13.8 Å². The van der Waals surface area contributed by atoms with Gasteiger partial charge >= 0.3 is 5.63 Å². The van der Waals surface area contributed by atoms with Gasteiger partial charge in [-0.2, -0.15) is 0 Å². The van der Waals surface area contributed by atoms with Crippen LogP contribution in [0.4, 0.5) is 0 Å². The maximum Gasteiger partial charge on any atom is 0.339 e. The summed E-state index contributed by atoms with van der Waals surface area (Å²) in [4.78, 5) is 22.7. The molecule has 1 heterocycles. The van der Waals surface area contributed by atoms with Gasteiger partial charge in [-0.05, 0) is 38.0 Å². The number of ether oxygens (including phenoxy) is 1. The zero-order valence-electron chi connectivity index (χ0n) is 12.3. The number of rotatable bonds is 5. The van der Waals surface area contributed by atoms with Gasteiger partial charge in [0.25, 0.3) is 0 Å². The fourth-order valence-corrected chi connectivity index (χ4v) is 2.24. The fourth-order valence-electron chi connectivity index (χ4n) is 2.24. The summed E-state index contributed by atoms with van der Waals surface area (Å²) in [5, 5.41) is 11.5. The van der Waals surface area contributed by atoms with Gasteiger partial charge in [0.1, 0.15) is 17.4 Å². The number of hydrogen-bond acceptors (Lipinski definition) is 5. The van der Waals surface area contributed by atoms with E-state index in [2.05, 4.69) is 0 Å². The molecular formula is C16H17O5-. The first-order chi connectivity index (χ1) is 9.93. The Morgan fingerprint density at radius 1 is 1.43 bits per heavy atom. The summed E-state index contributed by atoms with van der Waals surface area (Å²) in [6.07, 6.45) is 0.459. The minimum atomic E-state index is -1.30. The summed E-state index contributed by atoms with van der Waals surface area (Å²) < 4.78 is 10.5. The highest BCUT2D eigenvalue weighted by Gasteiger charge is 2.12. The molecule has 0 saturated carbocycles. The monoisotopic (exact) mass is 289 g/mol. The van der Waals surface area contributed by atoms with E-state index in [1.54, 1.807) is 12.1 Å². The van der Waals surface area contributed by atoms with Crippen LogP contribution in [0.2, 0.25) is 0 Å². The predicted molar refractivity (Wildman–Crippen MR) is 76.3 cm³/mol. The van der Waals surface area contributed by atoms with Crippen molar-refractivity contribution in [3.63, 3.8) is 0 Å². The topological polar surface area (TPSA) is 79.6 Å². The lowest BCUT2D eigenvalue weighted by Crippen LogP contribution is -2.37. The minimum Gasteiger partial charge on any atom is -0.546 e. The van der Waals surface area contributed by atoms with Gasteiger partial charge in [-0.1, -0.05) is 13.3 Å². The second-order valence-electron chi connectivity index (χ2n) is 4.98. The van der Waals surface area contributed by atoms with Crippen LogP contribution >= 0.6 is 0 Å². The number of carboxylic acids is 1. The summed E-state index contributed by atoms with van der Waals surface area (Å²) in [5.41, 5.74) is 1.61. The van der Waals surface area contributed by atoms with Crippen molar-refractivity contribution >= 4 is 16.9 Å². The lowest BCUT2D eigenvalue weighted by molar-refractivity contribution is -0.312. The number of hydrogen-bond donors (Lipinski definition) is 0. The van der Waals surface area contributed by atoms with Gasteiger partial charge in [-0.15, -0.1) is 0 Å². The smallest absolute Gasteiger partial charge is 0.339 e. The average Bonchev–Trinajstić information content (AvgIpc) is 2.43. The third-order valence-corrected chi connectivity index (χ3v) is 3.40. The molecule has 0 aliphatic heterocycles. The molecule has 21 heavy (non-hydrogen) atoms. The number of carboxylic acid groups (broad SMARTS) is 1. The number of carbonyl (C=O) groups is 1. The van der Waals surface area contributed by atoms with Crippen molar-refractivity contribution in [1.29, 1.82) is 0 Å². The quantitative estimate of drug-likeness (QED) is 0.781. The SMILES string of the molecule is CCCc1c(C)c2ccc(O[C@H](C)C(=O)[O-])cc2oc1=O. The van der Waals surface area contributed by atoms with Gasteiger partial charge < -0.3 is 19.1 Å². The van der Waals surface area contributed by atoms with Crippen molar-refractivity contribution in [1.82, 2.24) is 0 Å². The first kappa shape index (κ1) is 15.1. The van der Waals surface area contributed by atoms with Crippen molar-refractivity contribution in [2.45, 2.75) is 39.7 Å². The van der Waals surface area contributed by atoms with Gasteiger partial charge in [0.05, 0.1) is 5.97 Å². The molecule has 2 rings (SSSR count). The Morgan fingerprint density at radius 3 is 2.76 bits per heavy atom. The highest BCUT2D eigenvalue weighted by atomic mass is 16.5. The van der Waals surface area contributed by atoms with E-state index in [-0.39, 0.29) is 5.63 Å².